The van der Waals surface area contributed by atoms with Crippen molar-refractivity contribution in [3.05, 3.63) is 94.1 Å². The molecule has 0 amide bonds. The van der Waals surface area contributed by atoms with E-state index in [2.05, 4.69) is 78.2 Å². The van der Waals surface area contributed by atoms with Crippen molar-refractivity contribution < 1.29 is 0 Å². The van der Waals surface area contributed by atoms with Gasteiger partial charge < -0.3 is 0 Å². The van der Waals surface area contributed by atoms with Crippen LogP contribution in [0.2, 0.25) is 0 Å². The maximum atomic E-state index is 4.57. The van der Waals surface area contributed by atoms with Crippen molar-refractivity contribution in [2.75, 3.05) is 0 Å². The second kappa shape index (κ2) is 7.52. The molecular formula is C22H14Br2N2. The summed E-state index contributed by atoms with van der Waals surface area (Å²) in [5, 5.41) is 0. The summed E-state index contributed by atoms with van der Waals surface area (Å²) < 4.78 is 1.89. The lowest BCUT2D eigenvalue weighted by molar-refractivity contribution is 1.28. The van der Waals surface area contributed by atoms with E-state index in [1.54, 1.807) is 0 Å². The van der Waals surface area contributed by atoms with Crippen LogP contribution in [0, 0.1) is 0 Å². The first-order chi connectivity index (χ1) is 12.7. The molecule has 0 aliphatic carbocycles. The minimum Gasteiger partial charge on any atom is -0.255 e. The van der Waals surface area contributed by atoms with Gasteiger partial charge in [-0.3, -0.25) is 9.97 Å². The van der Waals surface area contributed by atoms with Gasteiger partial charge in [-0.15, -0.1) is 0 Å². The fourth-order valence-electron chi connectivity index (χ4n) is 2.82. The van der Waals surface area contributed by atoms with E-state index in [9.17, 15) is 0 Å². The monoisotopic (exact) mass is 464 g/mol. The highest BCUT2D eigenvalue weighted by Gasteiger charge is 2.12. The number of hydrogen-bond acceptors (Lipinski definition) is 2. The summed E-state index contributed by atoms with van der Waals surface area (Å²) >= 11 is 7.30. The molecule has 0 N–H and O–H groups in total. The van der Waals surface area contributed by atoms with Crippen molar-refractivity contribution in [1.82, 2.24) is 9.97 Å². The molecule has 126 valence electrons. The summed E-state index contributed by atoms with van der Waals surface area (Å²) in [6, 6.07) is 24.6. The van der Waals surface area contributed by atoms with E-state index in [0.717, 1.165) is 42.6 Å². The van der Waals surface area contributed by atoms with Gasteiger partial charge in [0.05, 0.1) is 11.4 Å². The molecule has 0 radical (unpaired) electrons. The van der Waals surface area contributed by atoms with Gasteiger partial charge in [-0.2, -0.15) is 0 Å². The molecule has 0 spiro atoms. The molecule has 0 fully saturated rings. The number of aromatic nitrogens is 2. The lowest BCUT2D eigenvalue weighted by Crippen LogP contribution is -1.91. The molecule has 2 nitrogen and oxygen atoms in total. The third-order valence-corrected chi connectivity index (χ3v) is 5.40. The average molecular weight is 466 g/mol. The average Bonchev–Trinajstić information content (AvgIpc) is 2.70. The van der Waals surface area contributed by atoms with Crippen LogP contribution in [0.1, 0.15) is 0 Å². The van der Waals surface area contributed by atoms with E-state index >= 15 is 0 Å². The Bertz CT molecular complexity index is 961. The van der Waals surface area contributed by atoms with Crippen LogP contribution in [0.4, 0.5) is 0 Å². The Kier molecular flexibility index (Phi) is 4.96. The smallest absolute Gasteiger partial charge is 0.0709 e. The van der Waals surface area contributed by atoms with Crippen LogP contribution in [0.15, 0.2) is 94.1 Å². The molecule has 2 aromatic heterocycles. The van der Waals surface area contributed by atoms with E-state index in [1.165, 1.54) is 0 Å². The molecule has 0 aliphatic rings. The van der Waals surface area contributed by atoms with Crippen LogP contribution in [0.3, 0.4) is 0 Å². The van der Waals surface area contributed by atoms with Crippen LogP contribution in [-0.2, 0) is 0 Å². The van der Waals surface area contributed by atoms with E-state index in [4.69, 9.17) is 0 Å². The predicted molar refractivity (Wildman–Crippen MR) is 114 cm³/mol. The lowest BCUT2D eigenvalue weighted by Gasteiger charge is -2.11. The van der Waals surface area contributed by atoms with Crippen LogP contribution < -0.4 is 0 Å². The number of pyridine rings is 2. The SMILES string of the molecule is Brc1cnc(-c2ccccc2)cc1-c1cc(-c2ccccc2)ncc1Br. The van der Waals surface area contributed by atoms with E-state index < -0.39 is 0 Å². The molecule has 4 rings (SSSR count). The number of hydrogen-bond donors (Lipinski definition) is 0. The van der Waals surface area contributed by atoms with Gasteiger partial charge in [-0.1, -0.05) is 60.7 Å². The first kappa shape index (κ1) is 17.1. The van der Waals surface area contributed by atoms with E-state index in [1.807, 2.05) is 48.8 Å². The van der Waals surface area contributed by atoms with Gasteiger partial charge in [0.2, 0.25) is 0 Å². The third kappa shape index (κ3) is 3.48. The Morgan fingerprint density at radius 2 is 0.923 bits per heavy atom. The molecule has 4 aromatic rings. The highest BCUT2D eigenvalue weighted by molar-refractivity contribution is 9.11. The molecule has 2 aromatic carbocycles. The standard InChI is InChI=1S/C22H14Br2N2/c23-19-13-25-21(15-7-3-1-4-8-15)11-17(19)18-12-22(26-14-20(18)24)16-9-5-2-6-10-16/h1-14H. The van der Waals surface area contributed by atoms with Gasteiger partial charge in [-0.25, -0.2) is 0 Å². The molecule has 26 heavy (non-hydrogen) atoms. The van der Waals surface area contributed by atoms with Gasteiger partial charge in [0.1, 0.15) is 0 Å². The first-order valence-corrected chi connectivity index (χ1v) is 9.73. The summed E-state index contributed by atoms with van der Waals surface area (Å²) in [7, 11) is 0. The van der Waals surface area contributed by atoms with Gasteiger partial charge >= 0.3 is 0 Å². The normalized spacial score (nSPS) is 10.7. The quantitative estimate of drug-likeness (QED) is 0.325. The third-order valence-electron chi connectivity index (χ3n) is 4.14. The summed E-state index contributed by atoms with van der Waals surface area (Å²) in [6.45, 7) is 0. The molecule has 2 heterocycles. The zero-order valence-corrected chi connectivity index (χ0v) is 16.9. The largest absolute Gasteiger partial charge is 0.255 e. The Balaban J connectivity index is 1.85. The maximum Gasteiger partial charge on any atom is 0.0709 e. The molecule has 0 bridgehead atoms. The molecule has 0 atom stereocenters. The Hall–Kier alpha value is -2.30. The molecule has 0 unspecified atom stereocenters. The van der Waals surface area contributed by atoms with Gasteiger partial charge in [0.15, 0.2) is 0 Å². The minimum atomic E-state index is 0.939. The Labute approximate surface area is 169 Å². The minimum absolute atomic E-state index is 0.939. The Morgan fingerprint density at radius 3 is 1.31 bits per heavy atom. The highest BCUT2D eigenvalue weighted by atomic mass is 79.9. The highest BCUT2D eigenvalue weighted by Crippen LogP contribution is 2.37. The fourth-order valence-corrected chi connectivity index (χ4v) is 3.68. The van der Waals surface area contributed by atoms with Crippen LogP contribution in [0.25, 0.3) is 33.6 Å². The number of rotatable bonds is 3. The summed E-state index contributed by atoms with van der Waals surface area (Å²) in [6.07, 6.45) is 3.71. The summed E-state index contributed by atoms with van der Waals surface area (Å²) in [4.78, 5) is 9.13. The van der Waals surface area contributed by atoms with Crippen molar-refractivity contribution in [2.24, 2.45) is 0 Å². The van der Waals surface area contributed by atoms with E-state index in [-0.39, 0.29) is 0 Å². The molecule has 0 saturated heterocycles. The summed E-state index contributed by atoms with van der Waals surface area (Å²) in [5.41, 5.74) is 6.21. The number of halogens is 2. The second-order valence-corrected chi connectivity index (χ2v) is 7.54. The number of benzene rings is 2. The van der Waals surface area contributed by atoms with Crippen LogP contribution >= 0.6 is 31.9 Å². The molecule has 4 heteroatoms. The maximum absolute atomic E-state index is 4.57. The van der Waals surface area contributed by atoms with Crippen LogP contribution in [0.5, 0.6) is 0 Å². The first-order valence-electron chi connectivity index (χ1n) is 8.14. The zero-order valence-electron chi connectivity index (χ0n) is 13.7. The summed E-state index contributed by atoms with van der Waals surface area (Å²) in [5.74, 6) is 0. The van der Waals surface area contributed by atoms with Gasteiger partial charge in [0, 0.05) is 43.6 Å². The zero-order chi connectivity index (χ0) is 17.9. The second-order valence-electron chi connectivity index (χ2n) is 5.83. The molecular weight excluding hydrogens is 452 g/mol. The van der Waals surface area contributed by atoms with Crippen molar-refractivity contribution in [3.63, 3.8) is 0 Å². The van der Waals surface area contributed by atoms with Crippen molar-refractivity contribution in [3.8, 4) is 33.6 Å². The Morgan fingerprint density at radius 1 is 0.538 bits per heavy atom. The van der Waals surface area contributed by atoms with Gasteiger partial charge in [0.25, 0.3) is 0 Å². The molecule has 0 saturated carbocycles. The van der Waals surface area contributed by atoms with Crippen LogP contribution in [-0.4, -0.2) is 9.97 Å². The number of nitrogens with zero attached hydrogens (tertiary/aromatic N) is 2. The topological polar surface area (TPSA) is 25.8 Å². The predicted octanol–water partition coefficient (Wildman–Crippen LogP) is 7.00. The van der Waals surface area contributed by atoms with E-state index in [0.29, 0.717) is 0 Å². The molecule has 0 aliphatic heterocycles. The van der Waals surface area contributed by atoms with Crippen molar-refractivity contribution >= 4 is 31.9 Å². The van der Waals surface area contributed by atoms with Crippen molar-refractivity contribution in [2.45, 2.75) is 0 Å². The fraction of sp³-hybridized carbons (Fsp3) is 0. The van der Waals surface area contributed by atoms with Gasteiger partial charge in [-0.05, 0) is 44.0 Å². The van der Waals surface area contributed by atoms with Crippen molar-refractivity contribution in [1.29, 1.82) is 0 Å². The lowest BCUT2D eigenvalue weighted by atomic mass is 10.0.